The predicted octanol–water partition coefficient (Wildman–Crippen LogP) is 1.07. The van der Waals surface area contributed by atoms with Crippen LogP contribution in [0.3, 0.4) is 0 Å². The van der Waals surface area contributed by atoms with Crippen molar-refractivity contribution in [2.75, 3.05) is 20.2 Å². The maximum atomic E-state index is 9.77. The van der Waals surface area contributed by atoms with Crippen LogP contribution >= 0.6 is 0 Å². The normalized spacial score (nSPS) is 13.6. The maximum absolute atomic E-state index is 9.77. The summed E-state index contributed by atoms with van der Waals surface area (Å²) in [4.78, 5) is 23.9. The number of hydrogen-bond donors (Lipinski definition) is 5. The number of hydrogen-bond acceptors (Lipinski definition) is 8. The number of nitrogens with one attached hydrogen (secondary N) is 1. The highest BCUT2D eigenvalue weighted by molar-refractivity contribution is 5.83. The molecule has 0 radical (unpaired) electrons. The lowest BCUT2D eigenvalue weighted by molar-refractivity contribution is -0.165. The van der Waals surface area contributed by atoms with Crippen LogP contribution in [0.1, 0.15) is 39.3 Å². The fraction of sp³-hybridized carbons (Fsp3) is 0.650. The average Bonchev–Trinajstić information content (AvgIpc) is 2.68. The second kappa shape index (κ2) is 14.5. The third-order valence-electron chi connectivity index (χ3n) is 3.88. The molecule has 1 heterocycles. The Morgan fingerprint density at radius 1 is 1.13 bits per heavy atom. The quantitative estimate of drug-likeness (QED) is 0.304. The van der Waals surface area contributed by atoms with Crippen molar-refractivity contribution in [1.29, 1.82) is 0 Å². The van der Waals surface area contributed by atoms with Gasteiger partial charge in [0.1, 0.15) is 6.10 Å². The number of carboxylic acids is 2. The van der Waals surface area contributed by atoms with Gasteiger partial charge < -0.3 is 35.2 Å². The fourth-order valence-electron chi connectivity index (χ4n) is 2.40. The summed E-state index contributed by atoms with van der Waals surface area (Å²) >= 11 is 0. The molecule has 172 valence electrons. The molecule has 1 aromatic heterocycles. The van der Waals surface area contributed by atoms with Crippen LogP contribution < -0.4 is 14.8 Å². The van der Waals surface area contributed by atoms with Crippen molar-refractivity contribution >= 4 is 11.9 Å². The Morgan fingerprint density at radius 2 is 1.70 bits per heavy atom. The largest absolute Gasteiger partial charge is 0.485 e. The summed E-state index contributed by atoms with van der Waals surface area (Å²) in [5.74, 6) is -1.63. The van der Waals surface area contributed by atoms with Gasteiger partial charge in [0.15, 0.2) is 18.0 Å². The maximum Gasteiger partial charge on any atom is 0.335 e. The van der Waals surface area contributed by atoms with Gasteiger partial charge in [0.25, 0.3) is 5.88 Å². The molecule has 0 aliphatic heterocycles. The molecule has 0 saturated carbocycles. The van der Waals surface area contributed by atoms with Gasteiger partial charge in [-0.05, 0) is 50.9 Å². The highest BCUT2D eigenvalue weighted by atomic mass is 16.5. The van der Waals surface area contributed by atoms with Gasteiger partial charge in [-0.25, -0.2) is 14.6 Å². The second-order valence-corrected chi connectivity index (χ2v) is 7.04. The second-order valence-electron chi connectivity index (χ2n) is 7.04. The first-order chi connectivity index (χ1) is 14.0. The van der Waals surface area contributed by atoms with E-state index >= 15 is 0 Å². The number of aliphatic carboxylic acids is 2. The first kappa shape index (κ1) is 27.6. The summed E-state index contributed by atoms with van der Waals surface area (Å²) in [5.41, 5.74) is 0.933. The lowest BCUT2D eigenvalue weighted by Gasteiger charge is -2.22. The number of aliphatic hydroxyl groups is 2. The first-order valence-corrected chi connectivity index (χ1v) is 9.74. The van der Waals surface area contributed by atoms with Crippen LogP contribution in [0.2, 0.25) is 0 Å². The Morgan fingerprint density at radius 3 is 2.13 bits per heavy atom. The number of pyridine rings is 1. The number of carboxylic acid groups (broad SMARTS) is 2. The highest BCUT2D eigenvalue weighted by Crippen LogP contribution is 2.27. The molecule has 1 rings (SSSR count). The molecule has 3 atom stereocenters. The zero-order chi connectivity index (χ0) is 23.3. The fourth-order valence-corrected chi connectivity index (χ4v) is 2.40. The van der Waals surface area contributed by atoms with Gasteiger partial charge in [0.05, 0.1) is 7.11 Å². The Kier molecular flexibility index (Phi) is 13.4. The summed E-state index contributed by atoms with van der Waals surface area (Å²) in [6.07, 6.45) is -2.33. The van der Waals surface area contributed by atoms with E-state index in [4.69, 9.17) is 29.9 Å². The number of aliphatic hydroxyl groups excluding tert-OH is 2. The van der Waals surface area contributed by atoms with Gasteiger partial charge in [-0.2, -0.15) is 0 Å². The Labute approximate surface area is 176 Å². The molecular formula is C20H34N2O8. The number of carbonyl (C=O) groups is 2. The number of rotatable bonds is 12. The number of ether oxygens (including phenoxy) is 2. The van der Waals surface area contributed by atoms with E-state index in [2.05, 4.69) is 31.1 Å². The van der Waals surface area contributed by atoms with Crippen LogP contribution in [0, 0.1) is 12.8 Å². The SMILES string of the molecule is CCNCCC(CC(C)C)Oc1ccc(C)nc1OC.O=C(O)C(O)C(O)C(=O)O. The van der Waals surface area contributed by atoms with Crippen molar-refractivity contribution < 1.29 is 39.5 Å². The first-order valence-electron chi connectivity index (χ1n) is 9.74. The molecule has 0 fully saturated rings. The van der Waals surface area contributed by atoms with E-state index in [1.54, 1.807) is 7.11 Å². The monoisotopic (exact) mass is 430 g/mol. The van der Waals surface area contributed by atoms with Gasteiger partial charge in [-0.15, -0.1) is 0 Å². The summed E-state index contributed by atoms with van der Waals surface area (Å²) in [6, 6.07) is 3.90. The summed E-state index contributed by atoms with van der Waals surface area (Å²) in [5, 5.41) is 35.9. The number of aromatic nitrogens is 1. The molecule has 0 aromatic carbocycles. The van der Waals surface area contributed by atoms with Crippen molar-refractivity contribution in [3.05, 3.63) is 17.8 Å². The third-order valence-corrected chi connectivity index (χ3v) is 3.88. The van der Waals surface area contributed by atoms with Crippen molar-refractivity contribution in [2.24, 2.45) is 5.92 Å². The average molecular weight is 430 g/mol. The van der Waals surface area contributed by atoms with Crippen LogP contribution in [0.4, 0.5) is 0 Å². The molecule has 0 spiro atoms. The molecule has 3 unspecified atom stereocenters. The topological polar surface area (TPSA) is 158 Å². The van der Waals surface area contributed by atoms with Crippen molar-refractivity contribution in [3.63, 3.8) is 0 Å². The Balaban J connectivity index is 0.000000710. The van der Waals surface area contributed by atoms with E-state index in [0.717, 1.165) is 37.4 Å². The minimum Gasteiger partial charge on any atom is -0.485 e. The van der Waals surface area contributed by atoms with Gasteiger partial charge in [0.2, 0.25) is 0 Å². The minimum absolute atomic E-state index is 0.187. The Bertz CT molecular complexity index is 636. The van der Waals surface area contributed by atoms with Crippen LogP contribution in [-0.2, 0) is 9.59 Å². The van der Waals surface area contributed by atoms with Gasteiger partial charge in [0, 0.05) is 5.69 Å². The molecule has 5 N–H and O–H groups in total. The molecule has 10 heteroatoms. The van der Waals surface area contributed by atoms with E-state index < -0.39 is 24.1 Å². The minimum atomic E-state index is -2.27. The summed E-state index contributed by atoms with van der Waals surface area (Å²) in [6.45, 7) is 10.5. The zero-order valence-electron chi connectivity index (χ0n) is 18.2. The van der Waals surface area contributed by atoms with E-state index in [-0.39, 0.29) is 6.10 Å². The smallest absolute Gasteiger partial charge is 0.335 e. The van der Waals surface area contributed by atoms with Crippen LogP contribution in [-0.4, -0.2) is 75.9 Å². The number of nitrogens with zero attached hydrogens (tertiary/aromatic N) is 1. The molecule has 10 nitrogen and oxygen atoms in total. The van der Waals surface area contributed by atoms with E-state index in [1.165, 1.54) is 0 Å². The third kappa shape index (κ3) is 10.9. The molecule has 30 heavy (non-hydrogen) atoms. The van der Waals surface area contributed by atoms with Crippen molar-refractivity contribution in [3.8, 4) is 11.6 Å². The van der Waals surface area contributed by atoms with Gasteiger partial charge >= 0.3 is 11.9 Å². The lowest BCUT2D eigenvalue weighted by Crippen LogP contribution is -2.39. The lowest BCUT2D eigenvalue weighted by atomic mass is 10.0. The number of methoxy groups -OCH3 is 1. The predicted molar refractivity (Wildman–Crippen MR) is 110 cm³/mol. The molecule has 0 bridgehead atoms. The van der Waals surface area contributed by atoms with Crippen molar-refractivity contribution in [1.82, 2.24) is 10.3 Å². The molecule has 0 saturated heterocycles. The van der Waals surface area contributed by atoms with Crippen LogP contribution in [0.25, 0.3) is 0 Å². The van der Waals surface area contributed by atoms with E-state index in [1.807, 2.05) is 19.1 Å². The summed E-state index contributed by atoms with van der Waals surface area (Å²) in [7, 11) is 1.63. The standard InChI is InChI=1S/C16H28N2O2.C4H6O6/c1-6-17-10-9-14(11-12(2)3)20-15-8-7-13(4)18-16(15)19-5;5-1(3(7)8)2(6)4(9)10/h7-8,12,14,17H,6,9-11H2,1-5H3;1-2,5-6H,(H,7,8)(H,9,10). The Hall–Kier alpha value is -2.43. The molecular weight excluding hydrogens is 396 g/mol. The van der Waals surface area contributed by atoms with E-state index in [9.17, 15) is 9.59 Å². The molecule has 0 aliphatic carbocycles. The van der Waals surface area contributed by atoms with Crippen LogP contribution in [0.5, 0.6) is 11.6 Å². The highest BCUT2D eigenvalue weighted by Gasteiger charge is 2.29. The number of aryl methyl sites for hydroxylation is 1. The molecule has 0 amide bonds. The molecule has 0 aliphatic rings. The van der Waals surface area contributed by atoms with Gasteiger partial charge in [-0.3, -0.25) is 0 Å². The van der Waals surface area contributed by atoms with Crippen LogP contribution in [0.15, 0.2) is 12.1 Å². The summed E-state index contributed by atoms with van der Waals surface area (Å²) < 4.78 is 11.4. The molecule has 1 aromatic rings. The van der Waals surface area contributed by atoms with Gasteiger partial charge in [-0.1, -0.05) is 20.8 Å². The van der Waals surface area contributed by atoms with E-state index in [0.29, 0.717) is 11.8 Å². The van der Waals surface area contributed by atoms with Crippen molar-refractivity contribution in [2.45, 2.75) is 58.8 Å². The zero-order valence-corrected chi connectivity index (χ0v) is 18.2.